The number of carbonyl (C=O) groups is 1. The molecule has 0 radical (unpaired) electrons. The van der Waals surface area contributed by atoms with Gasteiger partial charge in [0.25, 0.3) is 15.9 Å². The van der Waals surface area contributed by atoms with Gasteiger partial charge in [0.15, 0.2) is 0 Å². The molecule has 0 bridgehead atoms. The molecule has 0 aromatic heterocycles. The molecule has 0 fully saturated rings. The summed E-state index contributed by atoms with van der Waals surface area (Å²) in [5.41, 5.74) is 2.28. The van der Waals surface area contributed by atoms with Crippen molar-refractivity contribution in [2.75, 3.05) is 16.2 Å². The predicted octanol–water partition coefficient (Wildman–Crippen LogP) is 5.54. The zero-order valence-electron chi connectivity index (χ0n) is 17.1. The van der Waals surface area contributed by atoms with Gasteiger partial charge in [-0.05, 0) is 48.4 Å². The van der Waals surface area contributed by atoms with Crippen LogP contribution in [0.4, 0.5) is 11.4 Å². The predicted molar refractivity (Wildman–Crippen MR) is 126 cm³/mol. The molecule has 0 heterocycles. The number of aryl methyl sites for hydroxylation is 1. The van der Waals surface area contributed by atoms with E-state index in [-0.39, 0.29) is 22.9 Å². The number of amides is 1. The summed E-state index contributed by atoms with van der Waals surface area (Å²) in [6.07, 6.45) is 2.25. The fourth-order valence-corrected chi connectivity index (χ4v) is 4.96. The molecular formula is C24H23ClN2O3S. The highest BCUT2D eigenvalue weighted by Gasteiger charge is 2.26. The molecule has 0 aliphatic carbocycles. The van der Waals surface area contributed by atoms with E-state index in [2.05, 4.69) is 11.9 Å². The number of nitrogens with zero attached hydrogens (tertiary/aromatic N) is 1. The molecule has 160 valence electrons. The van der Waals surface area contributed by atoms with Crippen molar-refractivity contribution < 1.29 is 13.2 Å². The summed E-state index contributed by atoms with van der Waals surface area (Å²) in [6, 6.07) is 20.1. The van der Waals surface area contributed by atoms with Crippen molar-refractivity contribution in [3.05, 3.63) is 102 Å². The van der Waals surface area contributed by atoms with Crippen molar-refractivity contribution in [3.63, 3.8) is 0 Å². The van der Waals surface area contributed by atoms with Crippen molar-refractivity contribution in [2.45, 2.75) is 18.2 Å². The lowest BCUT2D eigenvalue weighted by molar-refractivity contribution is 0.102. The van der Waals surface area contributed by atoms with Gasteiger partial charge in [0, 0.05) is 11.3 Å². The number of rotatable bonds is 8. The monoisotopic (exact) mass is 454 g/mol. The number of para-hydroxylation sites is 2. The number of carbonyl (C=O) groups excluding carboxylic acids is 1. The SMILES string of the molecule is C=CCN(c1ccccc1Cl)S(=O)(=O)c1cccc(C(=O)Nc2ccccc2CC)c1. The highest BCUT2D eigenvalue weighted by molar-refractivity contribution is 7.92. The maximum absolute atomic E-state index is 13.4. The Hall–Kier alpha value is -3.09. The van der Waals surface area contributed by atoms with Gasteiger partial charge >= 0.3 is 0 Å². The number of benzene rings is 3. The normalized spacial score (nSPS) is 11.0. The topological polar surface area (TPSA) is 66.5 Å². The second-order valence-corrected chi connectivity index (χ2v) is 9.04. The van der Waals surface area contributed by atoms with Gasteiger partial charge in [0.2, 0.25) is 0 Å². The van der Waals surface area contributed by atoms with Gasteiger partial charge in [-0.15, -0.1) is 6.58 Å². The average Bonchev–Trinajstić information content (AvgIpc) is 2.78. The highest BCUT2D eigenvalue weighted by Crippen LogP contribution is 2.30. The Bertz CT molecular complexity index is 1210. The van der Waals surface area contributed by atoms with Gasteiger partial charge in [0.05, 0.1) is 22.2 Å². The number of nitrogens with one attached hydrogen (secondary N) is 1. The number of halogens is 1. The molecule has 3 rings (SSSR count). The molecule has 1 amide bonds. The van der Waals surface area contributed by atoms with E-state index in [9.17, 15) is 13.2 Å². The molecule has 0 aliphatic heterocycles. The fraction of sp³-hybridized carbons (Fsp3) is 0.125. The van der Waals surface area contributed by atoms with Crippen LogP contribution in [0.5, 0.6) is 0 Å². The van der Waals surface area contributed by atoms with Crippen LogP contribution in [0.15, 0.2) is 90.3 Å². The minimum atomic E-state index is -3.98. The second-order valence-electron chi connectivity index (χ2n) is 6.77. The number of hydrogen-bond acceptors (Lipinski definition) is 3. The summed E-state index contributed by atoms with van der Waals surface area (Å²) in [7, 11) is -3.98. The van der Waals surface area contributed by atoms with Gasteiger partial charge in [-0.1, -0.05) is 61.0 Å². The number of anilines is 2. The lowest BCUT2D eigenvalue weighted by Crippen LogP contribution is -2.31. The molecule has 5 nitrogen and oxygen atoms in total. The van der Waals surface area contributed by atoms with E-state index in [1.165, 1.54) is 22.5 Å². The first-order chi connectivity index (χ1) is 14.9. The quantitative estimate of drug-likeness (QED) is 0.454. The molecule has 0 unspecified atom stereocenters. The van der Waals surface area contributed by atoms with Crippen molar-refractivity contribution in [2.24, 2.45) is 0 Å². The molecule has 3 aromatic carbocycles. The van der Waals surface area contributed by atoms with Crippen LogP contribution in [0.1, 0.15) is 22.8 Å². The molecule has 1 N–H and O–H groups in total. The largest absolute Gasteiger partial charge is 0.322 e. The molecule has 0 aliphatic rings. The Labute approximate surface area is 188 Å². The van der Waals surface area contributed by atoms with E-state index >= 15 is 0 Å². The smallest absolute Gasteiger partial charge is 0.264 e. The van der Waals surface area contributed by atoms with E-state index in [1.807, 2.05) is 31.2 Å². The summed E-state index contributed by atoms with van der Waals surface area (Å²) in [6.45, 7) is 5.69. The van der Waals surface area contributed by atoms with Crippen LogP contribution >= 0.6 is 11.6 Å². The van der Waals surface area contributed by atoms with E-state index < -0.39 is 10.0 Å². The Morgan fingerprint density at radius 3 is 2.48 bits per heavy atom. The van der Waals surface area contributed by atoms with Crippen molar-refractivity contribution in [1.82, 2.24) is 0 Å². The minimum Gasteiger partial charge on any atom is -0.322 e. The van der Waals surface area contributed by atoms with Crippen molar-refractivity contribution in [3.8, 4) is 0 Å². The Morgan fingerprint density at radius 1 is 1.06 bits per heavy atom. The minimum absolute atomic E-state index is 0.00861. The summed E-state index contributed by atoms with van der Waals surface area (Å²) in [5, 5.41) is 3.17. The molecule has 3 aromatic rings. The van der Waals surface area contributed by atoms with Crippen LogP contribution in [0, 0.1) is 0 Å². The lowest BCUT2D eigenvalue weighted by atomic mass is 10.1. The Kier molecular flexibility index (Phi) is 7.15. The highest BCUT2D eigenvalue weighted by atomic mass is 35.5. The maximum atomic E-state index is 13.4. The van der Waals surface area contributed by atoms with E-state index in [0.29, 0.717) is 16.4 Å². The summed E-state index contributed by atoms with van der Waals surface area (Å²) in [5.74, 6) is -0.383. The van der Waals surface area contributed by atoms with Crippen LogP contribution in [0.25, 0.3) is 0 Å². The molecule has 0 atom stereocenters. The summed E-state index contributed by atoms with van der Waals surface area (Å²) < 4.78 is 28.0. The summed E-state index contributed by atoms with van der Waals surface area (Å²) >= 11 is 6.24. The molecule has 7 heteroatoms. The second kappa shape index (κ2) is 9.81. The molecule has 0 saturated carbocycles. The number of sulfonamides is 1. The third kappa shape index (κ3) is 4.98. The molecular weight excluding hydrogens is 432 g/mol. The average molecular weight is 455 g/mol. The number of hydrogen-bond donors (Lipinski definition) is 1. The zero-order valence-corrected chi connectivity index (χ0v) is 18.7. The Balaban J connectivity index is 1.96. The van der Waals surface area contributed by atoms with Crippen LogP contribution < -0.4 is 9.62 Å². The third-order valence-electron chi connectivity index (χ3n) is 4.75. The lowest BCUT2D eigenvalue weighted by Gasteiger charge is -2.24. The van der Waals surface area contributed by atoms with Gasteiger partial charge in [-0.3, -0.25) is 9.10 Å². The molecule has 0 spiro atoms. The van der Waals surface area contributed by atoms with Gasteiger partial charge in [0.1, 0.15) is 0 Å². The van der Waals surface area contributed by atoms with E-state index in [1.54, 1.807) is 36.4 Å². The van der Waals surface area contributed by atoms with Crippen molar-refractivity contribution >= 4 is 38.9 Å². The van der Waals surface area contributed by atoms with Gasteiger partial charge < -0.3 is 5.32 Å². The van der Waals surface area contributed by atoms with E-state index in [0.717, 1.165) is 12.0 Å². The van der Waals surface area contributed by atoms with Crippen LogP contribution in [-0.4, -0.2) is 20.9 Å². The zero-order chi connectivity index (χ0) is 22.4. The Morgan fingerprint density at radius 2 is 1.77 bits per heavy atom. The molecule has 31 heavy (non-hydrogen) atoms. The first kappa shape index (κ1) is 22.6. The molecule has 0 saturated heterocycles. The van der Waals surface area contributed by atoms with Crippen LogP contribution in [0.2, 0.25) is 5.02 Å². The first-order valence-corrected chi connectivity index (χ1v) is 11.6. The van der Waals surface area contributed by atoms with Crippen LogP contribution in [-0.2, 0) is 16.4 Å². The fourth-order valence-electron chi connectivity index (χ4n) is 3.17. The maximum Gasteiger partial charge on any atom is 0.264 e. The standard InChI is InChI=1S/C24H23ClN2O3S/c1-3-16-27(23-15-8-6-13-21(23)25)31(29,30)20-12-9-11-19(17-20)24(28)26-22-14-7-5-10-18(22)4-2/h3,5-15,17H,1,4,16H2,2H3,(H,26,28). The van der Waals surface area contributed by atoms with Crippen LogP contribution in [0.3, 0.4) is 0 Å². The summed E-state index contributed by atoms with van der Waals surface area (Å²) in [4.78, 5) is 12.8. The van der Waals surface area contributed by atoms with Crippen molar-refractivity contribution in [1.29, 1.82) is 0 Å². The van der Waals surface area contributed by atoms with E-state index in [4.69, 9.17) is 11.6 Å². The first-order valence-electron chi connectivity index (χ1n) is 9.76. The van der Waals surface area contributed by atoms with Gasteiger partial charge in [-0.25, -0.2) is 8.42 Å². The third-order valence-corrected chi connectivity index (χ3v) is 6.84. The van der Waals surface area contributed by atoms with Gasteiger partial charge in [-0.2, -0.15) is 0 Å².